The molecule has 3 aromatic rings. The highest BCUT2D eigenvalue weighted by molar-refractivity contribution is 14.1. The minimum absolute atomic E-state index is 0.785. The molecule has 0 bridgehead atoms. The van der Waals surface area contributed by atoms with Crippen LogP contribution in [0.4, 0.5) is 0 Å². The minimum Gasteiger partial charge on any atom is -0.0883 e. The summed E-state index contributed by atoms with van der Waals surface area (Å²) in [6.45, 7) is 2.17. The average Bonchev–Trinajstić information content (AvgIpc) is 2.42. The van der Waals surface area contributed by atoms with Crippen LogP contribution in [0.5, 0.6) is 0 Å². The summed E-state index contributed by atoms with van der Waals surface area (Å²) in [6, 6.07) is 19.0. The van der Waals surface area contributed by atoms with E-state index in [0.717, 1.165) is 5.02 Å². The van der Waals surface area contributed by atoms with Gasteiger partial charge < -0.3 is 0 Å². The van der Waals surface area contributed by atoms with E-state index in [1.54, 1.807) is 11.8 Å². The molecule has 0 aliphatic heterocycles. The second-order valence-electron chi connectivity index (χ2n) is 4.61. The van der Waals surface area contributed by atoms with Crippen LogP contribution in [0.2, 0.25) is 5.02 Å². The van der Waals surface area contributed by atoms with E-state index < -0.39 is 0 Å². The summed E-state index contributed by atoms with van der Waals surface area (Å²) < 4.78 is 1.19. The van der Waals surface area contributed by atoms with Crippen molar-refractivity contribution in [3.05, 3.63) is 68.8 Å². The topological polar surface area (TPSA) is 0 Å². The van der Waals surface area contributed by atoms with Gasteiger partial charge in [-0.1, -0.05) is 53.7 Å². The molecule has 0 spiro atoms. The lowest BCUT2D eigenvalue weighted by molar-refractivity contribution is 1.38. The Kier molecular flexibility index (Phi) is 4.24. The Morgan fingerprint density at radius 3 is 2.45 bits per heavy atom. The van der Waals surface area contributed by atoms with E-state index in [4.69, 9.17) is 11.6 Å². The molecule has 0 nitrogen and oxygen atoms in total. The predicted molar refractivity (Wildman–Crippen MR) is 97.0 cm³/mol. The Bertz CT molecular complexity index is 778. The predicted octanol–water partition coefficient (Wildman–Crippen LogP) is 6.56. The molecule has 100 valence electrons. The molecule has 3 aromatic carbocycles. The molecule has 0 saturated carbocycles. The van der Waals surface area contributed by atoms with Gasteiger partial charge in [0, 0.05) is 18.4 Å². The molecule has 0 unspecified atom stereocenters. The Labute approximate surface area is 141 Å². The molecule has 20 heavy (non-hydrogen) atoms. The van der Waals surface area contributed by atoms with Gasteiger partial charge in [-0.25, -0.2) is 0 Å². The van der Waals surface area contributed by atoms with Crippen molar-refractivity contribution in [3.8, 4) is 0 Å². The lowest BCUT2D eigenvalue weighted by atomic mass is 10.1. The van der Waals surface area contributed by atoms with Crippen molar-refractivity contribution < 1.29 is 0 Å². The average molecular weight is 411 g/mol. The number of halogens is 2. The van der Waals surface area contributed by atoms with Crippen molar-refractivity contribution in [3.63, 3.8) is 0 Å². The number of hydrogen-bond acceptors (Lipinski definition) is 1. The van der Waals surface area contributed by atoms with Gasteiger partial charge in [0.2, 0.25) is 0 Å². The molecular weight excluding hydrogens is 399 g/mol. The number of fused-ring (bicyclic) bond motifs is 1. The van der Waals surface area contributed by atoms with Crippen LogP contribution >= 0.6 is 46.0 Å². The zero-order valence-electron chi connectivity index (χ0n) is 10.9. The number of hydrogen-bond donors (Lipinski definition) is 0. The Hall–Kier alpha value is -0.710. The Morgan fingerprint density at radius 1 is 0.950 bits per heavy atom. The second-order valence-corrected chi connectivity index (χ2v) is 7.29. The van der Waals surface area contributed by atoms with Gasteiger partial charge in [0.05, 0.1) is 0 Å². The van der Waals surface area contributed by atoms with Crippen molar-refractivity contribution in [1.82, 2.24) is 0 Å². The van der Waals surface area contributed by atoms with E-state index in [2.05, 4.69) is 72.0 Å². The number of rotatable bonds is 2. The minimum atomic E-state index is 0.785. The van der Waals surface area contributed by atoms with Crippen LogP contribution < -0.4 is 0 Å². The van der Waals surface area contributed by atoms with Crippen LogP contribution in [0.3, 0.4) is 0 Å². The number of aryl methyl sites for hydroxylation is 1. The first-order valence-electron chi connectivity index (χ1n) is 6.26. The molecule has 3 heteroatoms. The van der Waals surface area contributed by atoms with Gasteiger partial charge in [-0.05, 0) is 70.1 Å². The zero-order valence-corrected chi connectivity index (χ0v) is 14.6. The molecule has 0 fully saturated rings. The fourth-order valence-electron chi connectivity index (χ4n) is 2.25. The smallest absolute Gasteiger partial charge is 0.0417 e. The van der Waals surface area contributed by atoms with E-state index in [1.807, 2.05) is 12.1 Å². The molecule has 0 aliphatic rings. The largest absolute Gasteiger partial charge is 0.0883 e. The summed E-state index contributed by atoms with van der Waals surface area (Å²) in [4.78, 5) is 2.53. The van der Waals surface area contributed by atoms with E-state index >= 15 is 0 Å². The van der Waals surface area contributed by atoms with E-state index in [0.29, 0.717) is 0 Å². The highest BCUT2D eigenvalue weighted by Gasteiger charge is 2.08. The summed E-state index contributed by atoms with van der Waals surface area (Å²) in [5.41, 5.74) is 1.31. The van der Waals surface area contributed by atoms with Crippen LogP contribution in [0.25, 0.3) is 10.8 Å². The fourth-order valence-corrected chi connectivity index (χ4v) is 4.51. The van der Waals surface area contributed by atoms with Gasteiger partial charge in [0.1, 0.15) is 0 Å². The van der Waals surface area contributed by atoms with Gasteiger partial charge in [-0.3, -0.25) is 0 Å². The van der Waals surface area contributed by atoms with Gasteiger partial charge >= 0.3 is 0 Å². The molecule has 0 atom stereocenters. The maximum Gasteiger partial charge on any atom is 0.0417 e. The van der Waals surface area contributed by atoms with Crippen molar-refractivity contribution in [1.29, 1.82) is 0 Å². The molecule has 0 amide bonds. The first kappa shape index (κ1) is 14.2. The number of benzene rings is 3. The molecule has 0 N–H and O–H groups in total. The fraction of sp³-hybridized carbons (Fsp3) is 0.0588. The van der Waals surface area contributed by atoms with Crippen LogP contribution in [0.15, 0.2) is 64.4 Å². The SMILES string of the molecule is Cc1cccc2cccc(Sc3ccc(Cl)cc3I)c12. The second kappa shape index (κ2) is 5.96. The summed E-state index contributed by atoms with van der Waals surface area (Å²) >= 11 is 10.2. The van der Waals surface area contributed by atoms with Crippen molar-refractivity contribution in [2.45, 2.75) is 16.7 Å². The summed E-state index contributed by atoms with van der Waals surface area (Å²) in [5, 5.41) is 3.41. The van der Waals surface area contributed by atoms with Crippen molar-refractivity contribution >= 4 is 56.7 Å². The van der Waals surface area contributed by atoms with Crippen molar-refractivity contribution in [2.24, 2.45) is 0 Å². The third kappa shape index (κ3) is 2.83. The van der Waals surface area contributed by atoms with Crippen molar-refractivity contribution in [2.75, 3.05) is 0 Å². The molecule has 0 saturated heterocycles. The molecular formula is C17H12ClIS. The molecule has 0 aliphatic carbocycles. The van der Waals surface area contributed by atoms with Crippen LogP contribution in [-0.2, 0) is 0 Å². The molecule has 0 radical (unpaired) electrons. The molecule has 0 aromatic heterocycles. The van der Waals surface area contributed by atoms with Gasteiger partial charge in [-0.15, -0.1) is 0 Å². The first-order valence-corrected chi connectivity index (χ1v) is 8.54. The van der Waals surface area contributed by atoms with Gasteiger partial charge in [0.15, 0.2) is 0 Å². The highest BCUT2D eigenvalue weighted by Crippen LogP contribution is 2.37. The first-order chi connectivity index (χ1) is 9.65. The maximum atomic E-state index is 6.03. The highest BCUT2D eigenvalue weighted by atomic mass is 127. The molecule has 0 heterocycles. The summed E-state index contributed by atoms with van der Waals surface area (Å²) in [6.07, 6.45) is 0. The zero-order chi connectivity index (χ0) is 14.1. The van der Waals surface area contributed by atoms with Gasteiger partial charge in [-0.2, -0.15) is 0 Å². The monoisotopic (exact) mass is 410 g/mol. The summed E-state index contributed by atoms with van der Waals surface area (Å²) in [5.74, 6) is 0. The van der Waals surface area contributed by atoms with E-state index in [9.17, 15) is 0 Å². The van der Waals surface area contributed by atoms with Crippen LogP contribution in [0, 0.1) is 10.5 Å². The normalized spacial score (nSPS) is 10.9. The summed E-state index contributed by atoms with van der Waals surface area (Å²) in [7, 11) is 0. The maximum absolute atomic E-state index is 6.03. The Balaban J connectivity index is 2.11. The lowest BCUT2D eigenvalue weighted by Gasteiger charge is -2.10. The van der Waals surface area contributed by atoms with Crippen LogP contribution in [-0.4, -0.2) is 0 Å². The quantitative estimate of drug-likeness (QED) is 0.431. The third-order valence-corrected chi connectivity index (χ3v) is 5.82. The Morgan fingerprint density at radius 2 is 1.70 bits per heavy atom. The molecule has 3 rings (SSSR count). The van der Waals surface area contributed by atoms with E-state index in [1.165, 1.54) is 29.7 Å². The standard InChI is InChI=1S/C17H12ClIS/c1-11-4-2-5-12-6-3-7-16(17(11)12)20-15-9-8-13(18)10-14(15)19/h2-10H,1H3. The van der Waals surface area contributed by atoms with Gasteiger partial charge in [0.25, 0.3) is 0 Å². The van der Waals surface area contributed by atoms with E-state index in [-0.39, 0.29) is 0 Å². The lowest BCUT2D eigenvalue weighted by Crippen LogP contribution is -1.84. The third-order valence-electron chi connectivity index (χ3n) is 3.19. The van der Waals surface area contributed by atoms with Crippen LogP contribution in [0.1, 0.15) is 5.56 Å².